The van der Waals surface area contributed by atoms with E-state index in [-0.39, 0.29) is 29.5 Å². The summed E-state index contributed by atoms with van der Waals surface area (Å²) in [6.45, 7) is 5.16. The predicted octanol–water partition coefficient (Wildman–Crippen LogP) is 4.80. The van der Waals surface area contributed by atoms with Crippen molar-refractivity contribution in [1.82, 2.24) is 15.1 Å². The average Bonchev–Trinajstić information content (AvgIpc) is 3.09. The number of thioether (sulfide) groups is 1. The first kappa shape index (κ1) is 25.4. The number of hydrogen-bond donors (Lipinski definition) is 2. The molecule has 0 radical (unpaired) electrons. The van der Waals surface area contributed by atoms with E-state index < -0.39 is 17.6 Å². The summed E-state index contributed by atoms with van der Waals surface area (Å²) in [6.07, 6.45) is -4.59. The Balaban J connectivity index is 1.56. The summed E-state index contributed by atoms with van der Waals surface area (Å²) in [5.41, 5.74) is 2.51. The Morgan fingerprint density at radius 3 is 2.38 bits per heavy atom. The molecule has 0 fully saturated rings. The maximum Gasteiger partial charge on any atom is 0.416 e. The van der Waals surface area contributed by atoms with Gasteiger partial charge in [0.25, 0.3) is 0 Å². The minimum absolute atomic E-state index is 0.0479. The van der Waals surface area contributed by atoms with Crippen LogP contribution in [0.5, 0.6) is 0 Å². The molecule has 0 atom stereocenters. The van der Waals surface area contributed by atoms with E-state index in [4.69, 9.17) is 0 Å². The van der Waals surface area contributed by atoms with Crippen molar-refractivity contribution in [3.05, 3.63) is 76.6 Å². The highest BCUT2D eigenvalue weighted by atomic mass is 32.2. The normalized spacial score (nSPS) is 11.4. The highest BCUT2D eigenvalue weighted by molar-refractivity contribution is 8.00. The van der Waals surface area contributed by atoms with E-state index in [0.29, 0.717) is 17.1 Å². The molecule has 180 valence electrons. The lowest BCUT2D eigenvalue weighted by atomic mass is 10.1. The molecule has 10 heteroatoms. The molecule has 1 aromatic heterocycles. The zero-order valence-electron chi connectivity index (χ0n) is 19.0. The van der Waals surface area contributed by atoms with Crippen LogP contribution in [0.1, 0.15) is 28.1 Å². The first-order valence-corrected chi connectivity index (χ1v) is 11.6. The summed E-state index contributed by atoms with van der Waals surface area (Å²) in [4.78, 5) is 24.2. The SMILES string of the molecule is Cc1cccc(NC(=O)CSCC(=O)NCc2ccc(-n3nc(C)cc3C)cc2C(F)(F)F)c1. The fourth-order valence-electron chi connectivity index (χ4n) is 3.41. The van der Waals surface area contributed by atoms with Crippen molar-refractivity contribution in [3.63, 3.8) is 0 Å². The van der Waals surface area contributed by atoms with Gasteiger partial charge in [-0.25, -0.2) is 4.68 Å². The van der Waals surface area contributed by atoms with Gasteiger partial charge in [-0.2, -0.15) is 18.3 Å². The summed E-state index contributed by atoms with van der Waals surface area (Å²) in [5, 5.41) is 9.47. The predicted molar refractivity (Wildman–Crippen MR) is 127 cm³/mol. The van der Waals surface area contributed by atoms with Gasteiger partial charge in [-0.1, -0.05) is 18.2 Å². The average molecular weight is 491 g/mol. The van der Waals surface area contributed by atoms with Crippen LogP contribution in [0.25, 0.3) is 5.69 Å². The quantitative estimate of drug-likeness (QED) is 0.476. The number of hydrogen-bond acceptors (Lipinski definition) is 4. The molecule has 0 saturated carbocycles. The minimum Gasteiger partial charge on any atom is -0.351 e. The maximum absolute atomic E-state index is 13.7. The van der Waals surface area contributed by atoms with Crippen LogP contribution in [0, 0.1) is 20.8 Å². The zero-order chi connectivity index (χ0) is 24.9. The molecular formula is C24H25F3N4O2S. The number of amides is 2. The molecule has 0 aliphatic carbocycles. The number of rotatable bonds is 8. The number of benzene rings is 2. The van der Waals surface area contributed by atoms with Gasteiger partial charge in [0.1, 0.15) is 0 Å². The molecule has 6 nitrogen and oxygen atoms in total. The third-order valence-electron chi connectivity index (χ3n) is 4.90. The fraction of sp³-hybridized carbons (Fsp3) is 0.292. The molecule has 34 heavy (non-hydrogen) atoms. The van der Waals surface area contributed by atoms with E-state index in [0.717, 1.165) is 29.1 Å². The Morgan fingerprint density at radius 2 is 1.74 bits per heavy atom. The summed E-state index contributed by atoms with van der Waals surface area (Å²) >= 11 is 1.08. The fourth-order valence-corrected chi connectivity index (χ4v) is 4.05. The van der Waals surface area contributed by atoms with E-state index in [2.05, 4.69) is 15.7 Å². The molecule has 2 amide bonds. The third-order valence-corrected chi connectivity index (χ3v) is 5.83. The molecule has 3 aromatic rings. The lowest BCUT2D eigenvalue weighted by molar-refractivity contribution is -0.138. The van der Waals surface area contributed by atoms with E-state index in [1.54, 1.807) is 32.0 Å². The Hall–Kier alpha value is -3.27. The van der Waals surface area contributed by atoms with E-state index in [9.17, 15) is 22.8 Å². The van der Waals surface area contributed by atoms with Gasteiger partial charge in [-0.3, -0.25) is 9.59 Å². The molecule has 0 bridgehead atoms. The van der Waals surface area contributed by atoms with Crippen molar-refractivity contribution in [2.45, 2.75) is 33.5 Å². The second-order valence-electron chi connectivity index (χ2n) is 7.87. The largest absolute Gasteiger partial charge is 0.416 e. The molecule has 0 saturated heterocycles. The van der Waals surface area contributed by atoms with E-state index >= 15 is 0 Å². The van der Waals surface area contributed by atoms with Gasteiger partial charge < -0.3 is 10.6 Å². The Kier molecular flexibility index (Phi) is 8.03. The summed E-state index contributed by atoms with van der Waals surface area (Å²) in [5.74, 6) is -0.717. The first-order chi connectivity index (χ1) is 16.0. The van der Waals surface area contributed by atoms with Crippen LogP contribution in [-0.2, 0) is 22.3 Å². The van der Waals surface area contributed by atoms with Gasteiger partial charge in [0.05, 0.1) is 28.5 Å². The van der Waals surface area contributed by atoms with Gasteiger partial charge in [-0.15, -0.1) is 11.8 Å². The number of nitrogens with one attached hydrogen (secondary N) is 2. The summed E-state index contributed by atoms with van der Waals surface area (Å²) in [6, 6.07) is 13.0. The lowest BCUT2D eigenvalue weighted by Crippen LogP contribution is -2.27. The number of anilines is 1. The molecule has 1 heterocycles. The first-order valence-electron chi connectivity index (χ1n) is 10.5. The van der Waals surface area contributed by atoms with Crippen molar-refractivity contribution >= 4 is 29.3 Å². The van der Waals surface area contributed by atoms with Gasteiger partial charge in [0.2, 0.25) is 11.8 Å². The summed E-state index contributed by atoms with van der Waals surface area (Å²) < 4.78 is 42.5. The topological polar surface area (TPSA) is 76.0 Å². The van der Waals surface area contributed by atoms with E-state index in [1.807, 2.05) is 25.1 Å². The van der Waals surface area contributed by atoms with Gasteiger partial charge in [-0.05, 0) is 62.2 Å². The molecule has 2 aromatic carbocycles. The van der Waals surface area contributed by atoms with Crippen molar-refractivity contribution in [2.75, 3.05) is 16.8 Å². The molecule has 3 rings (SSSR count). The van der Waals surface area contributed by atoms with Crippen molar-refractivity contribution in [3.8, 4) is 5.69 Å². The number of carbonyl (C=O) groups excluding carboxylic acids is 2. The van der Waals surface area contributed by atoms with Crippen LogP contribution in [0.2, 0.25) is 0 Å². The second-order valence-corrected chi connectivity index (χ2v) is 8.85. The van der Waals surface area contributed by atoms with Crippen LogP contribution in [0.3, 0.4) is 0 Å². The number of aromatic nitrogens is 2. The maximum atomic E-state index is 13.7. The third kappa shape index (κ3) is 6.86. The molecule has 0 unspecified atom stereocenters. The van der Waals surface area contributed by atoms with E-state index in [1.165, 1.54) is 10.7 Å². The minimum atomic E-state index is -4.59. The smallest absolute Gasteiger partial charge is 0.351 e. The number of aryl methyl sites for hydroxylation is 3. The molecule has 0 aliphatic rings. The van der Waals surface area contributed by atoms with Gasteiger partial charge >= 0.3 is 6.18 Å². The molecule has 0 spiro atoms. The molecule has 2 N–H and O–H groups in total. The van der Waals surface area contributed by atoms with Crippen molar-refractivity contribution in [1.29, 1.82) is 0 Å². The highest BCUT2D eigenvalue weighted by Crippen LogP contribution is 2.33. The van der Waals surface area contributed by atoms with Crippen molar-refractivity contribution < 1.29 is 22.8 Å². The second kappa shape index (κ2) is 10.8. The monoisotopic (exact) mass is 490 g/mol. The lowest BCUT2D eigenvalue weighted by Gasteiger charge is -2.16. The summed E-state index contributed by atoms with van der Waals surface area (Å²) in [7, 11) is 0. The van der Waals surface area contributed by atoms with Crippen LogP contribution < -0.4 is 10.6 Å². The van der Waals surface area contributed by atoms with Crippen LogP contribution in [0.15, 0.2) is 48.5 Å². The number of nitrogens with zero attached hydrogens (tertiary/aromatic N) is 2. The van der Waals surface area contributed by atoms with Gasteiger partial charge in [0, 0.05) is 17.9 Å². The zero-order valence-corrected chi connectivity index (χ0v) is 19.8. The van der Waals surface area contributed by atoms with Crippen LogP contribution in [0.4, 0.5) is 18.9 Å². The molecular weight excluding hydrogens is 465 g/mol. The van der Waals surface area contributed by atoms with Gasteiger partial charge in [0.15, 0.2) is 0 Å². The highest BCUT2D eigenvalue weighted by Gasteiger charge is 2.34. The molecule has 0 aliphatic heterocycles. The Morgan fingerprint density at radius 1 is 1.00 bits per heavy atom. The standard InChI is InChI=1S/C24H25F3N4O2S/c1-15-5-4-6-19(9-15)29-23(33)14-34-13-22(32)28-12-18-7-8-20(11-21(18)24(25,26)27)31-17(3)10-16(2)30-31/h4-11H,12-14H2,1-3H3,(H,28,32)(H,29,33). The van der Waals surface area contributed by atoms with Crippen LogP contribution in [-0.4, -0.2) is 33.1 Å². The Bertz CT molecular complexity index is 1190. The number of carbonyl (C=O) groups is 2. The van der Waals surface area contributed by atoms with Crippen LogP contribution >= 0.6 is 11.8 Å². The number of alkyl halides is 3. The Labute approximate surface area is 199 Å². The number of halogens is 3. The van der Waals surface area contributed by atoms with Crippen molar-refractivity contribution in [2.24, 2.45) is 0 Å².